The highest BCUT2D eigenvalue weighted by Crippen LogP contribution is 2.17. The number of nitrogens with zero attached hydrogens (tertiary/aromatic N) is 1. The molecule has 0 spiro atoms. The van der Waals surface area contributed by atoms with E-state index in [0.29, 0.717) is 0 Å². The molecule has 1 heterocycles. The Morgan fingerprint density at radius 2 is 2.33 bits per heavy atom. The van der Waals surface area contributed by atoms with E-state index in [1.54, 1.807) is 0 Å². The third-order valence-electron chi connectivity index (χ3n) is 3.53. The van der Waals surface area contributed by atoms with Gasteiger partial charge in [0.25, 0.3) is 0 Å². The minimum absolute atomic E-state index is 0.109. The van der Waals surface area contributed by atoms with E-state index in [2.05, 4.69) is 4.90 Å². The van der Waals surface area contributed by atoms with Gasteiger partial charge in [0.1, 0.15) is 5.84 Å². The lowest BCUT2D eigenvalue weighted by atomic mass is 10.0. The quantitative estimate of drug-likeness (QED) is 0.555. The Kier molecular flexibility index (Phi) is 3.99. The highest BCUT2D eigenvalue weighted by molar-refractivity contribution is 5.95. The lowest BCUT2D eigenvalue weighted by Crippen LogP contribution is -2.37. The maximum atomic E-state index is 9.66. The Labute approximate surface area is 108 Å². The predicted molar refractivity (Wildman–Crippen MR) is 72.7 cm³/mol. The molecule has 1 aromatic rings. The number of aliphatic hydroxyl groups excluding tert-OH is 1. The first-order valence-electron chi connectivity index (χ1n) is 6.40. The summed E-state index contributed by atoms with van der Waals surface area (Å²) in [6.45, 7) is 4.71. The highest BCUT2D eigenvalue weighted by atomic mass is 16.3. The minimum atomic E-state index is -0.185. The van der Waals surface area contributed by atoms with Crippen molar-refractivity contribution in [1.82, 2.24) is 4.90 Å². The van der Waals surface area contributed by atoms with Crippen LogP contribution < -0.4 is 5.73 Å². The van der Waals surface area contributed by atoms with Gasteiger partial charge in [-0.05, 0) is 43.5 Å². The number of aliphatic hydroxyl groups is 1. The van der Waals surface area contributed by atoms with E-state index in [1.807, 2.05) is 25.1 Å². The first-order chi connectivity index (χ1) is 8.56. The number of nitrogens with one attached hydrogen (secondary N) is 1. The lowest BCUT2D eigenvalue weighted by molar-refractivity contribution is 0.0667. The average molecular weight is 247 g/mol. The van der Waals surface area contributed by atoms with Crippen LogP contribution >= 0.6 is 0 Å². The lowest BCUT2D eigenvalue weighted by Gasteiger charge is -2.30. The van der Waals surface area contributed by atoms with Crippen molar-refractivity contribution in [1.29, 1.82) is 5.41 Å². The zero-order chi connectivity index (χ0) is 13.1. The molecule has 2 rings (SSSR count). The van der Waals surface area contributed by atoms with Crippen molar-refractivity contribution in [3.05, 3.63) is 34.9 Å². The van der Waals surface area contributed by atoms with E-state index < -0.39 is 0 Å². The van der Waals surface area contributed by atoms with Gasteiger partial charge >= 0.3 is 0 Å². The molecule has 1 aliphatic rings. The molecule has 1 saturated heterocycles. The molecule has 0 aliphatic carbocycles. The van der Waals surface area contributed by atoms with Gasteiger partial charge in [0.2, 0.25) is 0 Å². The second-order valence-corrected chi connectivity index (χ2v) is 5.09. The van der Waals surface area contributed by atoms with Crippen LogP contribution in [0.5, 0.6) is 0 Å². The van der Waals surface area contributed by atoms with Gasteiger partial charge in [0.15, 0.2) is 0 Å². The zero-order valence-corrected chi connectivity index (χ0v) is 10.8. The van der Waals surface area contributed by atoms with Gasteiger partial charge in [-0.15, -0.1) is 0 Å². The fourth-order valence-corrected chi connectivity index (χ4v) is 2.46. The summed E-state index contributed by atoms with van der Waals surface area (Å²) < 4.78 is 0. The monoisotopic (exact) mass is 247 g/mol. The Morgan fingerprint density at radius 3 is 2.94 bits per heavy atom. The number of benzene rings is 1. The van der Waals surface area contributed by atoms with Gasteiger partial charge in [-0.2, -0.15) is 0 Å². The number of β-amino-alcohol motifs (C(OH)–C–C–N with tert-alkyl or cyclic N) is 1. The zero-order valence-electron chi connectivity index (χ0n) is 10.8. The largest absolute Gasteiger partial charge is 0.392 e. The molecular formula is C14H21N3O. The molecule has 0 amide bonds. The molecule has 0 aromatic heterocycles. The van der Waals surface area contributed by atoms with Gasteiger partial charge < -0.3 is 10.8 Å². The van der Waals surface area contributed by atoms with E-state index in [4.69, 9.17) is 11.1 Å². The normalized spacial score (nSPS) is 20.9. The van der Waals surface area contributed by atoms with Crippen molar-refractivity contribution >= 4 is 5.84 Å². The summed E-state index contributed by atoms with van der Waals surface area (Å²) in [6, 6.07) is 5.89. The molecule has 4 N–H and O–H groups in total. The number of nitrogen functional groups attached to an aromatic ring is 1. The van der Waals surface area contributed by atoms with Crippen LogP contribution in [0.4, 0.5) is 0 Å². The van der Waals surface area contributed by atoms with E-state index in [-0.39, 0.29) is 11.9 Å². The second kappa shape index (κ2) is 5.50. The summed E-state index contributed by atoms with van der Waals surface area (Å²) >= 11 is 0. The Hall–Kier alpha value is -1.39. The number of aryl methyl sites for hydroxylation is 1. The molecule has 1 unspecified atom stereocenters. The van der Waals surface area contributed by atoms with Gasteiger partial charge in [-0.25, -0.2) is 0 Å². The SMILES string of the molecule is Cc1cc(C(=N)N)ccc1CN1CCCC(O)C1. The fourth-order valence-electron chi connectivity index (χ4n) is 2.46. The van der Waals surface area contributed by atoms with Crippen LogP contribution in [-0.4, -0.2) is 35.0 Å². The Balaban J connectivity index is 2.07. The van der Waals surface area contributed by atoms with Crippen molar-refractivity contribution < 1.29 is 5.11 Å². The minimum Gasteiger partial charge on any atom is -0.392 e. The van der Waals surface area contributed by atoms with Crippen molar-refractivity contribution in [2.75, 3.05) is 13.1 Å². The molecule has 0 radical (unpaired) electrons. The summed E-state index contributed by atoms with van der Waals surface area (Å²) in [5, 5.41) is 17.1. The average Bonchev–Trinajstić information content (AvgIpc) is 2.31. The van der Waals surface area contributed by atoms with Crippen LogP contribution in [0, 0.1) is 12.3 Å². The van der Waals surface area contributed by atoms with Gasteiger partial charge in [-0.3, -0.25) is 10.3 Å². The maximum absolute atomic E-state index is 9.66. The van der Waals surface area contributed by atoms with Crippen LogP contribution in [0.1, 0.15) is 29.5 Å². The molecule has 1 atom stereocenters. The standard InChI is InChI=1S/C14H21N3O/c1-10-7-11(14(15)16)4-5-12(10)8-17-6-2-3-13(18)9-17/h4-5,7,13,18H,2-3,6,8-9H2,1H3,(H3,15,16). The molecule has 0 saturated carbocycles. The van der Waals surface area contributed by atoms with Crippen molar-refractivity contribution in [2.24, 2.45) is 5.73 Å². The highest BCUT2D eigenvalue weighted by Gasteiger charge is 2.18. The molecule has 1 fully saturated rings. The van der Waals surface area contributed by atoms with Crippen molar-refractivity contribution in [3.8, 4) is 0 Å². The maximum Gasteiger partial charge on any atom is 0.122 e. The number of hydrogen-bond acceptors (Lipinski definition) is 3. The van der Waals surface area contributed by atoms with Crippen LogP contribution in [0.3, 0.4) is 0 Å². The predicted octanol–water partition coefficient (Wildman–Crippen LogP) is 1.24. The number of piperidine rings is 1. The van der Waals surface area contributed by atoms with E-state index >= 15 is 0 Å². The molecule has 4 nitrogen and oxygen atoms in total. The fraction of sp³-hybridized carbons (Fsp3) is 0.500. The number of likely N-dealkylation sites (tertiary alicyclic amines) is 1. The molecular weight excluding hydrogens is 226 g/mol. The summed E-state index contributed by atoms with van der Waals surface area (Å²) in [4.78, 5) is 2.28. The van der Waals surface area contributed by atoms with Crippen molar-refractivity contribution in [2.45, 2.75) is 32.4 Å². The molecule has 18 heavy (non-hydrogen) atoms. The number of amidine groups is 1. The van der Waals surface area contributed by atoms with Gasteiger partial charge in [0.05, 0.1) is 6.10 Å². The summed E-state index contributed by atoms with van der Waals surface area (Å²) in [5.74, 6) is 0.109. The second-order valence-electron chi connectivity index (χ2n) is 5.09. The number of rotatable bonds is 3. The van der Waals surface area contributed by atoms with Crippen LogP contribution in [0.15, 0.2) is 18.2 Å². The third kappa shape index (κ3) is 3.09. The molecule has 1 aliphatic heterocycles. The summed E-state index contributed by atoms with van der Waals surface area (Å²) in [5.41, 5.74) is 8.65. The third-order valence-corrected chi connectivity index (χ3v) is 3.53. The van der Waals surface area contributed by atoms with E-state index in [1.165, 1.54) is 5.56 Å². The molecule has 1 aromatic carbocycles. The summed E-state index contributed by atoms with van der Waals surface area (Å²) in [6.07, 6.45) is 1.79. The van der Waals surface area contributed by atoms with Crippen LogP contribution in [0.2, 0.25) is 0 Å². The van der Waals surface area contributed by atoms with Crippen LogP contribution in [-0.2, 0) is 6.54 Å². The molecule has 4 heteroatoms. The van der Waals surface area contributed by atoms with E-state index in [0.717, 1.165) is 43.6 Å². The first kappa shape index (κ1) is 13.1. The van der Waals surface area contributed by atoms with E-state index in [9.17, 15) is 5.11 Å². The Bertz CT molecular complexity index is 445. The van der Waals surface area contributed by atoms with Gasteiger partial charge in [-0.1, -0.05) is 12.1 Å². The first-order valence-corrected chi connectivity index (χ1v) is 6.40. The number of hydrogen-bond donors (Lipinski definition) is 3. The number of nitrogens with two attached hydrogens (primary N) is 1. The van der Waals surface area contributed by atoms with Gasteiger partial charge in [0, 0.05) is 18.7 Å². The van der Waals surface area contributed by atoms with Crippen LogP contribution in [0.25, 0.3) is 0 Å². The smallest absolute Gasteiger partial charge is 0.122 e. The molecule has 98 valence electrons. The topological polar surface area (TPSA) is 73.3 Å². The Morgan fingerprint density at radius 1 is 1.56 bits per heavy atom. The molecule has 0 bridgehead atoms. The summed E-state index contributed by atoms with van der Waals surface area (Å²) in [7, 11) is 0. The van der Waals surface area contributed by atoms with Crippen molar-refractivity contribution in [3.63, 3.8) is 0 Å².